The van der Waals surface area contributed by atoms with Crippen molar-refractivity contribution in [2.24, 2.45) is 0 Å². The highest BCUT2D eigenvalue weighted by molar-refractivity contribution is 7.99. The summed E-state index contributed by atoms with van der Waals surface area (Å²) < 4.78 is 16.6. The molecule has 3 aliphatic heterocycles. The van der Waals surface area contributed by atoms with Crippen molar-refractivity contribution in [1.29, 1.82) is 0 Å². The van der Waals surface area contributed by atoms with Gasteiger partial charge in [-0.1, -0.05) is 11.6 Å². The van der Waals surface area contributed by atoms with Crippen LogP contribution in [0.15, 0.2) is 12.1 Å². The number of hydrogen-bond donors (Lipinski definition) is 1. The second-order valence-electron chi connectivity index (χ2n) is 6.79. The monoisotopic (exact) mass is 398 g/mol. The van der Waals surface area contributed by atoms with Crippen molar-refractivity contribution in [3.05, 3.63) is 22.7 Å². The number of nitrogens with zero attached hydrogens (tertiary/aromatic N) is 1. The molecular weight excluding hydrogens is 376 g/mol. The summed E-state index contributed by atoms with van der Waals surface area (Å²) in [4.78, 5) is 15.2. The number of carbonyl (C=O) groups excluding carboxylic acids is 1. The third kappa shape index (κ3) is 3.63. The molecule has 1 N–H and O–H groups in total. The molecule has 3 heterocycles. The van der Waals surface area contributed by atoms with Gasteiger partial charge in [0.2, 0.25) is 0 Å². The molecule has 0 spiro atoms. The van der Waals surface area contributed by atoms with Gasteiger partial charge in [-0.2, -0.15) is 11.8 Å². The molecule has 0 aromatic heterocycles. The fourth-order valence-corrected chi connectivity index (χ4v) is 5.47. The van der Waals surface area contributed by atoms with Crippen LogP contribution >= 0.6 is 23.4 Å². The van der Waals surface area contributed by atoms with E-state index in [9.17, 15) is 4.79 Å². The van der Waals surface area contributed by atoms with E-state index in [1.807, 2.05) is 11.8 Å². The minimum Gasteiger partial charge on any atom is -0.486 e. The number of benzene rings is 1. The predicted molar refractivity (Wildman–Crippen MR) is 102 cm³/mol. The number of morpholine rings is 1. The number of hydrogen-bond acceptors (Lipinski definition) is 6. The van der Waals surface area contributed by atoms with E-state index in [1.54, 1.807) is 12.1 Å². The van der Waals surface area contributed by atoms with Gasteiger partial charge >= 0.3 is 0 Å². The Morgan fingerprint density at radius 2 is 2.04 bits per heavy atom. The summed E-state index contributed by atoms with van der Waals surface area (Å²) in [6.45, 7) is 4.93. The molecule has 4 rings (SSSR count). The van der Waals surface area contributed by atoms with Gasteiger partial charge in [-0.05, 0) is 24.3 Å². The number of nitrogens with one attached hydrogen (secondary N) is 1. The van der Waals surface area contributed by atoms with E-state index in [-0.39, 0.29) is 11.4 Å². The molecule has 1 atom stereocenters. The highest BCUT2D eigenvalue weighted by Gasteiger charge is 2.41. The van der Waals surface area contributed by atoms with Gasteiger partial charge in [0, 0.05) is 36.5 Å². The Balaban J connectivity index is 1.46. The number of thioether (sulfide) groups is 1. The Hall–Kier alpha value is -1.15. The Morgan fingerprint density at radius 3 is 2.81 bits per heavy atom. The summed E-state index contributed by atoms with van der Waals surface area (Å²) in [7, 11) is 0. The fraction of sp³-hybridized carbons (Fsp3) is 0.611. The predicted octanol–water partition coefficient (Wildman–Crippen LogP) is 2.05. The molecule has 1 aromatic carbocycles. The van der Waals surface area contributed by atoms with E-state index in [4.69, 9.17) is 25.8 Å². The molecule has 6 nitrogen and oxygen atoms in total. The first-order chi connectivity index (χ1) is 12.7. The molecule has 0 saturated carbocycles. The number of carbonyl (C=O) groups is 1. The lowest BCUT2D eigenvalue weighted by Gasteiger charge is -2.43. The molecule has 1 unspecified atom stereocenters. The van der Waals surface area contributed by atoms with E-state index in [1.165, 1.54) is 0 Å². The van der Waals surface area contributed by atoms with Gasteiger partial charge in [0.15, 0.2) is 11.5 Å². The zero-order valence-corrected chi connectivity index (χ0v) is 16.2. The normalized spacial score (nSPS) is 25.9. The molecule has 0 bridgehead atoms. The van der Waals surface area contributed by atoms with E-state index < -0.39 is 0 Å². The highest BCUT2D eigenvalue weighted by atomic mass is 35.5. The molecule has 26 heavy (non-hydrogen) atoms. The van der Waals surface area contributed by atoms with Gasteiger partial charge in [0.25, 0.3) is 5.91 Å². The Kier molecular flexibility index (Phi) is 5.50. The maximum Gasteiger partial charge on any atom is 0.251 e. The zero-order valence-electron chi connectivity index (χ0n) is 14.6. The van der Waals surface area contributed by atoms with E-state index in [0.717, 1.165) is 44.2 Å². The largest absolute Gasteiger partial charge is 0.486 e. The van der Waals surface area contributed by atoms with Crippen LogP contribution in [0.1, 0.15) is 16.8 Å². The van der Waals surface area contributed by atoms with Crippen molar-refractivity contribution in [2.75, 3.05) is 57.6 Å². The number of amides is 1. The number of ether oxygens (including phenoxy) is 3. The molecule has 1 amide bonds. The minimum absolute atomic E-state index is 0.0156. The average molecular weight is 399 g/mol. The lowest BCUT2D eigenvalue weighted by Crippen LogP contribution is -2.59. The van der Waals surface area contributed by atoms with E-state index in [0.29, 0.717) is 41.8 Å². The second kappa shape index (κ2) is 7.84. The first kappa shape index (κ1) is 18.2. The van der Waals surface area contributed by atoms with Crippen LogP contribution in [0, 0.1) is 0 Å². The smallest absolute Gasteiger partial charge is 0.251 e. The standard InChI is InChI=1S/C18H23ClN2O4S/c19-14-9-13(10-15-16(14)25-7-6-24-15)17(22)20-11-18(1-8-26-12-18)21-2-4-23-5-3-21/h9-10H,1-8,11-12H2,(H,20,22). The van der Waals surface area contributed by atoms with Crippen LogP contribution in [0.25, 0.3) is 0 Å². The van der Waals surface area contributed by atoms with Crippen LogP contribution in [0.5, 0.6) is 11.5 Å². The summed E-state index contributed by atoms with van der Waals surface area (Å²) in [5.74, 6) is 3.09. The summed E-state index contributed by atoms with van der Waals surface area (Å²) in [6, 6.07) is 3.36. The zero-order chi connectivity index (χ0) is 18.0. The summed E-state index contributed by atoms with van der Waals surface area (Å²) >= 11 is 8.21. The molecule has 142 valence electrons. The van der Waals surface area contributed by atoms with Crippen molar-refractivity contribution in [2.45, 2.75) is 12.0 Å². The lowest BCUT2D eigenvalue weighted by molar-refractivity contribution is -0.0129. The van der Waals surface area contributed by atoms with E-state index in [2.05, 4.69) is 10.2 Å². The van der Waals surface area contributed by atoms with Crippen molar-refractivity contribution in [3.63, 3.8) is 0 Å². The van der Waals surface area contributed by atoms with Gasteiger partial charge in [-0.3, -0.25) is 9.69 Å². The van der Waals surface area contributed by atoms with Crippen LogP contribution < -0.4 is 14.8 Å². The van der Waals surface area contributed by atoms with Crippen molar-refractivity contribution in [3.8, 4) is 11.5 Å². The molecular formula is C18H23ClN2O4S. The first-order valence-corrected chi connectivity index (χ1v) is 10.5. The van der Waals surface area contributed by atoms with Gasteiger partial charge < -0.3 is 19.5 Å². The number of fused-ring (bicyclic) bond motifs is 1. The summed E-state index contributed by atoms with van der Waals surface area (Å²) in [5, 5.41) is 3.53. The SMILES string of the molecule is O=C(NCC1(N2CCOCC2)CCSC1)c1cc(Cl)c2c(c1)OCCO2. The molecule has 0 radical (unpaired) electrons. The Bertz CT molecular complexity index is 675. The van der Waals surface area contributed by atoms with Crippen molar-refractivity contribution < 1.29 is 19.0 Å². The van der Waals surface area contributed by atoms with Crippen LogP contribution in [0.2, 0.25) is 5.02 Å². The maximum atomic E-state index is 12.7. The van der Waals surface area contributed by atoms with Gasteiger partial charge in [-0.25, -0.2) is 0 Å². The molecule has 0 aliphatic carbocycles. The summed E-state index contributed by atoms with van der Waals surface area (Å²) in [5.41, 5.74) is 0.517. The fourth-order valence-electron chi connectivity index (χ4n) is 3.72. The van der Waals surface area contributed by atoms with E-state index >= 15 is 0 Å². The maximum absolute atomic E-state index is 12.7. The Morgan fingerprint density at radius 1 is 1.23 bits per heavy atom. The number of halogens is 1. The third-order valence-electron chi connectivity index (χ3n) is 5.20. The molecule has 8 heteroatoms. The van der Waals surface area contributed by atoms with Crippen LogP contribution in [0.4, 0.5) is 0 Å². The van der Waals surface area contributed by atoms with Gasteiger partial charge in [0.1, 0.15) is 13.2 Å². The van der Waals surface area contributed by atoms with Crippen LogP contribution in [-0.4, -0.2) is 73.9 Å². The minimum atomic E-state index is -0.131. The quantitative estimate of drug-likeness (QED) is 0.837. The first-order valence-electron chi connectivity index (χ1n) is 8.96. The Labute approximate surface area is 162 Å². The summed E-state index contributed by atoms with van der Waals surface area (Å²) in [6.07, 6.45) is 1.08. The van der Waals surface area contributed by atoms with Gasteiger partial charge in [-0.15, -0.1) is 0 Å². The van der Waals surface area contributed by atoms with Crippen LogP contribution in [0.3, 0.4) is 0 Å². The van der Waals surface area contributed by atoms with Gasteiger partial charge in [0.05, 0.1) is 18.2 Å². The second-order valence-corrected chi connectivity index (χ2v) is 8.30. The molecule has 2 fully saturated rings. The topological polar surface area (TPSA) is 60.0 Å². The molecule has 3 aliphatic rings. The lowest BCUT2D eigenvalue weighted by atomic mass is 9.95. The van der Waals surface area contributed by atoms with Crippen LogP contribution in [-0.2, 0) is 4.74 Å². The number of rotatable bonds is 4. The average Bonchev–Trinajstić information content (AvgIpc) is 3.17. The van der Waals surface area contributed by atoms with Crippen molar-refractivity contribution >= 4 is 29.3 Å². The highest BCUT2D eigenvalue weighted by Crippen LogP contribution is 2.38. The molecule has 1 aromatic rings. The van der Waals surface area contributed by atoms with Crippen molar-refractivity contribution in [1.82, 2.24) is 10.2 Å². The third-order valence-corrected chi connectivity index (χ3v) is 6.72. The molecule has 2 saturated heterocycles.